The van der Waals surface area contributed by atoms with Crippen molar-refractivity contribution in [2.24, 2.45) is 0 Å². The fraction of sp³-hybridized carbons (Fsp3) is 0.529. The fourth-order valence-corrected chi connectivity index (χ4v) is 4.55. The van der Waals surface area contributed by atoms with Crippen molar-refractivity contribution < 1.29 is 28.6 Å². The van der Waals surface area contributed by atoms with Crippen LogP contribution in [0.5, 0.6) is 0 Å². The molecule has 1 aromatic heterocycles. The van der Waals surface area contributed by atoms with Crippen molar-refractivity contribution in [3.8, 4) is 0 Å². The van der Waals surface area contributed by atoms with Crippen molar-refractivity contribution in [2.45, 2.75) is 102 Å². The Morgan fingerprint density at radius 2 is 1.62 bits per heavy atom. The Hall–Kier alpha value is -3.83. The van der Waals surface area contributed by atoms with Gasteiger partial charge in [-0.3, -0.25) is 9.36 Å². The number of ketones is 1. The van der Waals surface area contributed by atoms with Gasteiger partial charge in [-0.05, 0) is 64.4 Å². The summed E-state index contributed by atoms with van der Waals surface area (Å²) in [5, 5.41) is 12.9. The van der Waals surface area contributed by atoms with Crippen LogP contribution in [0.15, 0.2) is 77.8 Å². The number of unbranched alkanes of at least 4 members (excludes halogenated alkanes) is 1. The van der Waals surface area contributed by atoms with Gasteiger partial charge in [-0.2, -0.15) is 4.98 Å². The number of aliphatic hydroxyl groups is 1. The second-order valence-electron chi connectivity index (χ2n) is 10.9. The summed E-state index contributed by atoms with van der Waals surface area (Å²) in [4.78, 5) is 39.8. The van der Waals surface area contributed by atoms with Crippen LogP contribution in [0, 0.1) is 0 Å². The lowest BCUT2D eigenvalue weighted by molar-refractivity contribution is -0.119. The van der Waals surface area contributed by atoms with Crippen LogP contribution in [0.4, 0.5) is 15.0 Å². The van der Waals surface area contributed by atoms with Crippen LogP contribution in [0.1, 0.15) is 84.3 Å². The van der Waals surface area contributed by atoms with Crippen molar-refractivity contribution >= 4 is 17.7 Å². The summed E-state index contributed by atoms with van der Waals surface area (Å²) in [6.45, 7) is 3.01. The molecule has 0 aromatic carbocycles. The lowest BCUT2D eigenvalue weighted by Gasteiger charge is -2.24. The lowest BCUT2D eigenvalue weighted by atomic mass is 9.98. The number of rotatable bonds is 20. The number of allylic oxidation sites excluding steroid dienone is 10. The van der Waals surface area contributed by atoms with Crippen LogP contribution < -0.4 is 16.7 Å². The van der Waals surface area contributed by atoms with E-state index in [9.17, 15) is 19.5 Å². The first-order valence-corrected chi connectivity index (χ1v) is 15.7. The minimum Gasteiger partial charge on any atom is -0.447 e. The number of alkyl halides is 1. The molecular formula is C34H49FN4O6. The largest absolute Gasteiger partial charge is 0.447 e. The van der Waals surface area contributed by atoms with Gasteiger partial charge in [-0.15, -0.1) is 0 Å². The number of nitrogens with zero attached hydrogens (tertiary/aromatic N) is 2. The molecule has 0 saturated carbocycles. The third-order valence-electron chi connectivity index (χ3n) is 7.09. The first-order chi connectivity index (χ1) is 21.7. The monoisotopic (exact) mass is 628 g/mol. The summed E-state index contributed by atoms with van der Waals surface area (Å²) >= 11 is 0. The Morgan fingerprint density at radius 1 is 1.04 bits per heavy atom. The number of carbonyl (C=O) groups is 2. The molecule has 0 spiro atoms. The summed E-state index contributed by atoms with van der Waals surface area (Å²) in [5.41, 5.74) is 2.29. The van der Waals surface area contributed by atoms with Gasteiger partial charge in [0.25, 0.3) is 0 Å². The number of carbonyl (C=O) groups excluding carboxylic acids is 2. The molecule has 1 amide bonds. The molecule has 1 aliphatic rings. The van der Waals surface area contributed by atoms with Gasteiger partial charge in [0, 0.05) is 25.6 Å². The zero-order valence-electron chi connectivity index (χ0n) is 26.5. The van der Waals surface area contributed by atoms with Gasteiger partial charge in [-0.1, -0.05) is 67.7 Å². The molecule has 248 valence electrons. The van der Waals surface area contributed by atoms with Crippen molar-refractivity contribution in [1.82, 2.24) is 14.9 Å². The van der Waals surface area contributed by atoms with Crippen LogP contribution in [0.2, 0.25) is 0 Å². The van der Waals surface area contributed by atoms with Gasteiger partial charge < -0.3 is 25.6 Å². The number of hydrogen-bond acceptors (Lipinski definition) is 8. The van der Waals surface area contributed by atoms with E-state index in [2.05, 4.69) is 78.0 Å². The Kier molecular flexibility index (Phi) is 17.4. The molecule has 0 unspecified atom stereocenters. The van der Waals surface area contributed by atoms with Crippen LogP contribution in [0.25, 0.3) is 0 Å². The smallest absolute Gasteiger partial charge is 0.407 e. The van der Waals surface area contributed by atoms with Gasteiger partial charge >= 0.3 is 11.8 Å². The van der Waals surface area contributed by atoms with Crippen molar-refractivity contribution in [1.29, 1.82) is 0 Å². The normalized spacial score (nSPS) is 22.1. The number of nitrogen functional groups attached to an aromatic ring is 1. The van der Waals surface area contributed by atoms with E-state index in [0.717, 1.165) is 56.4 Å². The van der Waals surface area contributed by atoms with E-state index >= 15 is 4.39 Å². The average molecular weight is 629 g/mol. The zero-order chi connectivity index (χ0) is 32.9. The number of halogens is 1. The molecule has 4 N–H and O–H groups in total. The zero-order valence-corrected chi connectivity index (χ0v) is 26.5. The van der Waals surface area contributed by atoms with Crippen molar-refractivity contribution in [3.05, 3.63) is 83.5 Å². The van der Waals surface area contributed by atoms with Gasteiger partial charge in [0.1, 0.15) is 30.4 Å². The minimum absolute atomic E-state index is 0.0325. The summed E-state index contributed by atoms with van der Waals surface area (Å²) < 4.78 is 26.7. The SMILES string of the molecule is CC/C=C\C/C=C\C/C=C\C/C=C\C/C=C\CCCC(=O)CCCNC(=O)OC[C@H]1O[C@@H](n2ccc(N)nc2=O)[C@](C)(F)[C@@H]1O. The first-order valence-electron chi connectivity index (χ1n) is 15.7. The van der Waals surface area contributed by atoms with Gasteiger partial charge in [0.05, 0.1) is 0 Å². The van der Waals surface area contributed by atoms with E-state index in [1.165, 1.54) is 12.3 Å². The predicted octanol–water partition coefficient (Wildman–Crippen LogP) is 5.81. The average Bonchev–Trinajstić information content (AvgIpc) is 3.23. The van der Waals surface area contributed by atoms with E-state index in [-0.39, 0.29) is 18.1 Å². The van der Waals surface area contributed by atoms with Crippen LogP contribution >= 0.6 is 0 Å². The number of aliphatic hydroxyl groups excluding tert-OH is 1. The topological polar surface area (TPSA) is 146 Å². The Bertz CT molecular complexity index is 1250. The Balaban J connectivity index is 1.51. The summed E-state index contributed by atoms with van der Waals surface area (Å²) in [6, 6.07) is 1.31. The maximum Gasteiger partial charge on any atom is 0.407 e. The van der Waals surface area contributed by atoms with Crippen LogP contribution in [-0.2, 0) is 14.3 Å². The second kappa shape index (κ2) is 21.0. The number of alkyl carbamates (subject to hydrolysis) is 1. The fourth-order valence-electron chi connectivity index (χ4n) is 4.55. The molecule has 2 heterocycles. The second-order valence-corrected chi connectivity index (χ2v) is 10.9. The van der Waals surface area contributed by atoms with Crippen LogP contribution in [0.3, 0.4) is 0 Å². The number of nitrogens with two attached hydrogens (primary N) is 1. The third-order valence-corrected chi connectivity index (χ3v) is 7.09. The molecule has 2 rings (SSSR count). The van der Waals surface area contributed by atoms with Gasteiger partial charge in [0.2, 0.25) is 0 Å². The molecule has 0 aliphatic carbocycles. The van der Waals surface area contributed by atoms with E-state index < -0.39 is 42.5 Å². The quantitative estimate of drug-likeness (QED) is 0.121. The molecule has 4 atom stereocenters. The molecular weight excluding hydrogens is 579 g/mol. The number of Topliss-reactive ketones (excluding diaryl/α,β-unsaturated/α-hetero) is 1. The van der Waals surface area contributed by atoms with Gasteiger partial charge in [0.15, 0.2) is 11.9 Å². The molecule has 1 aromatic rings. The number of aromatic nitrogens is 2. The van der Waals surface area contributed by atoms with Crippen molar-refractivity contribution in [3.63, 3.8) is 0 Å². The molecule has 45 heavy (non-hydrogen) atoms. The highest BCUT2D eigenvalue weighted by molar-refractivity contribution is 5.78. The molecule has 0 radical (unpaired) electrons. The predicted molar refractivity (Wildman–Crippen MR) is 174 cm³/mol. The highest BCUT2D eigenvalue weighted by Crippen LogP contribution is 2.40. The van der Waals surface area contributed by atoms with E-state index in [4.69, 9.17) is 15.2 Å². The van der Waals surface area contributed by atoms with Gasteiger partial charge in [-0.25, -0.2) is 14.0 Å². The first kappa shape index (κ1) is 37.4. The Labute approximate surface area is 265 Å². The number of hydrogen-bond donors (Lipinski definition) is 3. The third kappa shape index (κ3) is 14.2. The number of ether oxygens (including phenoxy) is 2. The molecule has 0 bridgehead atoms. The minimum atomic E-state index is -2.35. The van der Waals surface area contributed by atoms with E-state index in [1.807, 2.05) is 0 Å². The molecule has 1 saturated heterocycles. The lowest BCUT2D eigenvalue weighted by Crippen LogP contribution is -2.43. The van der Waals surface area contributed by atoms with E-state index in [0.29, 0.717) is 19.3 Å². The number of amides is 1. The standard InChI is InChI=1S/C34H49FN4O6/c1-3-4-5-6-7-8-9-10-11-12-13-14-15-16-17-18-19-21-27(40)22-20-24-37-33(43)44-26-28-30(41)34(2,35)31(45-28)39-25-23-29(36)38-32(39)42/h4-5,7-8,10-11,13-14,16-17,23,25,28,30-31,41H,3,6,9,12,15,18-22,24,26H2,1-2H3,(H,37,43)(H2,36,38,42)/b5-4-,8-7-,11-10-,14-13-,17-16-/t28-,30-,31-,34-/m1/s1. The molecule has 1 fully saturated rings. The molecule has 10 nitrogen and oxygen atoms in total. The molecule has 11 heteroatoms. The van der Waals surface area contributed by atoms with Crippen molar-refractivity contribution in [2.75, 3.05) is 18.9 Å². The maximum atomic E-state index is 15.2. The summed E-state index contributed by atoms with van der Waals surface area (Å²) in [6.07, 6.45) is 25.3. The van der Waals surface area contributed by atoms with Crippen LogP contribution in [-0.4, -0.2) is 57.6 Å². The highest BCUT2D eigenvalue weighted by Gasteiger charge is 2.55. The summed E-state index contributed by atoms with van der Waals surface area (Å²) in [5.74, 6) is 0.0932. The Morgan fingerprint density at radius 3 is 2.22 bits per heavy atom. The number of nitrogens with one attached hydrogen (secondary N) is 1. The maximum absolute atomic E-state index is 15.2. The number of anilines is 1. The highest BCUT2D eigenvalue weighted by atomic mass is 19.1. The molecule has 1 aliphatic heterocycles. The summed E-state index contributed by atoms with van der Waals surface area (Å²) in [7, 11) is 0. The van der Waals surface area contributed by atoms with E-state index in [1.54, 1.807) is 0 Å².